The maximum absolute atomic E-state index is 12.0. The van der Waals surface area contributed by atoms with E-state index < -0.39 is 15.9 Å². The molecule has 1 aliphatic heterocycles. The van der Waals surface area contributed by atoms with Gasteiger partial charge in [-0.3, -0.25) is 4.79 Å². The zero-order valence-corrected chi connectivity index (χ0v) is 13.3. The van der Waals surface area contributed by atoms with E-state index >= 15 is 0 Å². The monoisotopic (exact) mass is 336 g/mol. The van der Waals surface area contributed by atoms with E-state index in [-0.39, 0.29) is 41.9 Å². The summed E-state index contributed by atoms with van der Waals surface area (Å²) in [4.78, 5) is 12.0. The lowest BCUT2D eigenvalue weighted by Crippen LogP contribution is -2.43. The summed E-state index contributed by atoms with van der Waals surface area (Å²) in [5, 5.41) is 2.84. The van der Waals surface area contributed by atoms with Crippen LogP contribution >= 0.6 is 11.6 Å². The fourth-order valence-electron chi connectivity index (χ4n) is 2.02. The third kappa shape index (κ3) is 3.97. The van der Waals surface area contributed by atoms with E-state index in [1.54, 1.807) is 0 Å². The maximum Gasteiger partial charge on any atom is 0.287 e. The summed E-state index contributed by atoms with van der Waals surface area (Å²) < 4.78 is 35.3. The van der Waals surface area contributed by atoms with Gasteiger partial charge in [-0.05, 0) is 23.7 Å². The van der Waals surface area contributed by atoms with Crippen molar-refractivity contribution < 1.29 is 22.4 Å². The Hall–Kier alpha value is -1.09. The molecule has 1 saturated heterocycles. The maximum atomic E-state index is 12.0. The molecular formula is C12H17ClN2O5S. The number of hydrogen-bond donors (Lipinski definition) is 1. The Kier molecular flexibility index (Phi) is 4.92. The van der Waals surface area contributed by atoms with Gasteiger partial charge in [0, 0.05) is 20.0 Å². The van der Waals surface area contributed by atoms with Gasteiger partial charge in [0.05, 0.1) is 25.0 Å². The number of nitrogens with one attached hydrogen (secondary N) is 1. The van der Waals surface area contributed by atoms with Crippen LogP contribution in [0.3, 0.4) is 0 Å². The second-order valence-electron chi connectivity index (χ2n) is 5.04. The number of sulfonamides is 1. The highest BCUT2D eigenvalue weighted by Gasteiger charge is 2.34. The number of halogens is 1. The van der Waals surface area contributed by atoms with Crippen LogP contribution in [0.1, 0.15) is 10.6 Å². The molecule has 0 unspecified atom stereocenters. The Morgan fingerprint density at radius 2 is 2.14 bits per heavy atom. The summed E-state index contributed by atoms with van der Waals surface area (Å²) in [6, 6.07) is 2.55. The molecule has 2 atom stereocenters. The minimum absolute atomic E-state index is 0.0795. The van der Waals surface area contributed by atoms with Crippen molar-refractivity contribution in [3.05, 3.63) is 23.1 Å². The number of rotatable bonds is 5. The minimum atomic E-state index is -3.35. The number of carbonyl (C=O) groups excluding carboxylic acids is 1. The molecule has 1 aromatic heterocycles. The molecule has 9 heteroatoms. The number of amides is 1. The predicted molar refractivity (Wildman–Crippen MR) is 76.8 cm³/mol. The van der Waals surface area contributed by atoms with Crippen LogP contribution in [-0.4, -0.2) is 57.7 Å². The molecule has 1 N–H and O–H groups in total. The zero-order valence-electron chi connectivity index (χ0n) is 11.7. The fraction of sp³-hybridized carbons (Fsp3) is 0.583. The van der Waals surface area contributed by atoms with Crippen LogP contribution in [0.25, 0.3) is 0 Å². The number of furan rings is 1. The van der Waals surface area contributed by atoms with Gasteiger partial charge in [-0.15, -0.1) is 0 Å². The van der Waals surface area contributed by atoms with Gasteiger partial charge in [0.2, 0.25) is 10.0 Å². The molecular weight excluding hydrogens is 320 g/mol. The van der Waals surface area contributed by atoms with E-state index in [2.05, 4.69) is 5.32 Å². The molecule has 21 heavy (non-hydrogen) atoms. The average Bonchev–Trinajstić information content (AvgIpc) is 2.99. The molecule has 1 amide bonds. The van der Waals surface area contributed by atoms with Crippen LogP contribution in [0.4, 0.5) is 0 Å². The normalized spacial score (nSPS) is 22.7. The molecule has 0 spiro atoms. The molecule has 0 aliphatic carbocycles. The van der Waals surface area contributed by atoms with E-state index in [4.69, 9.17) is 20.8 Å². The van der Waals surface area contributed by atoms with Crippen molar-refractivity contribution >= 4 is 27.5 Å². The lowest BCUT2D eigenvalue weighted by molar-refractivity contribution is 0.0898. The second-order valence-corrected chi connectivity index (χ2v) is 7.64. The highest BCUT2D eigenvalue weighted by Crippen LogP contribution is 2.19. The largest absolute Gasteiger partial charge is 0.440 e. The molecule has 118 valence electrons. The predicted octanol–water partition coefficient (Wildman–Crippen LogP) is 0.569. The van der Waals surface area contributed by atoms with E-state index in [9.17, 15) is 13.2 Å². The van der Waals surface area contributed by atoms with Gasteiger partial charge in [0.15, 0.2) is 11.0 Å². The first kappa shape index (κ1) is 16.3. The highest BCUT2D eigenvalue weighted by atomic mass is 35.5. The first-order valence-electron chi connectivity index (χ1n) is 6.34. The van der Waals surface area contributed by atoms with Crippen LogP contribution in [0.2, 0.25) is 5.22 Å². The quantitative estimate of drug-likeness (QED) is 0.849. The highest BCUT2D eigenvalue weighted by molar-refractivity contribution is 7.89. The summed E-state index contributed by atoms with van der Waals surface area (Å²) in [5.41, 5.74) is 0. The van der Waals surface area contributed by atoms with Gasteiger partial charge < -0.3 is 14.5 Å². The zero-order chi connectivity index (χ0) is 15.6. The number of ether oxygens (including phenoxy) is 1. The topological polar surface area (TPSA) is 88.9 Å². The first-order valence-corrected chi connectivity index (χ1v) is 8.32. The summed E-state index contributed by atoms with van der Waals surface area (Å²) in [5.74, 6) is -0.735. The van der Waals surface area contributed by atoms with E-state index in [0.717, 1.165) is 4.31 Å². The van der Waals surface area contributed by atoms with Crippen molar-refractivity contribution in [3.8, 4) is 0 Å². The number of nitrogens with zero attached hydrogens (tertiary/aromatic N) is 1. The van der Waals surface area contributed by atoms with Gasteiger partial charge in [0.25, 0.3) is 5.91 Å². The third-order valence-electron chi connectivity index (χ3n) is 3.29. The van der Waals surface area contributed by atoms with Gasteiger partial charge >= 0.3 is 0 Å². The molecule has 1 fully saturated rings. The van der Waals surface area contributed by atoms with Gasteiger partial charge in [-0.2, -0.15) is 0 Å². The Morgan fingerprint density at radius 1 is 1.43 bits per heavy atom. The van der Waals surface area contributed by atoms with E-state index in [0.29, 0.717) is 0 Å². The van der Waals surface area contributed by atoms with Crippen LogP contribution < -0.4 is 5.32 Å². The number of carbonyl (C=O) groups is 1. The molecule has 2 rings (SSSR count). The molecule has 7 nitrogen and oxygen atoms in total. The fourth-order valence-corrected chi connectivity index (χ4v) is 3.33. The second kappa shape index (κ2) is 6.35. The Labute approximate surface area is 128 Å². The van der Waals surface area contributed by atoms with Crippen molar-refractivity contribution in [2.24, 2.45) is 5.92 Å². The molecule has 1 aromatic rings. The van der Waals surface area contributed by atoms with Crippen LogP contribution in [0, 0.1) is 5.92 Å². The number of hydrogen-bond acceptors (Lipinski definition) is 5. The SMILES string of the molecule is CN(C)S(=O)(=O)C[C@@H]1COC[C@@H]1NC(=O)c1ccc(Cl)o1. The van der Waals surface area contributed by atoms with Crippen LogP contribution in [-0.2, 0) is 14.8 Å². The first-order chi connectivity index (χ1) is 9.79. The van der Waals surface area contributed by atoms with Crippen molar-refractivity contribution in [1.82, 2.24) is 9.62 Å². The summed E-state index contributed by atoms with van der Waals surface area (Å²) >= 11 is 5.62. The molecule has 0 bridgehead atoms. The Morgan fingerprint density at radius 3 is 2.71 bits per heavy atom. The van der Waals surface area contributed by atoms with Crippen molar-refractivity contribution in [2.45, 2.75) is 6.04 Å². The smallest absolute Gasteiger partial charge is 0.287 e. The van der Waals surface area contributed by atoms with Crippen molar-refractivity contribution in [2.75, 3.05) is 33.1 Å². The summed E-state index contributed by atoms with van der Waals surface area (Å²) in [6.45, 7) is 0.560. The van der Waals surface area contributed by atoms with Gasteiger partial charge in [0.1, 0.15) is 0 Å². The van der Waals surface area contributed by atoms with Crippen molar-refractivity contribution in [3.63, 3.8) is 0 Å². The molecule has 0 saturated carbocycles. The average molecular weight is 337 g/mol. The lowest BCUT2D eigenvalue weighted by Gasteiger charge is -2.20. The molecule has 0 radical (unpaired) electrons. The lowest BCUT2D eigenvalue weighted by atomic mass is 10.1. The molecule has 0 aromatic carbocycles. The molecule has 2 heterocycles. The van der Waals surface area contributed by atoms with Crippen LogP contribution in [0.5, 0.6) is 0 Å². The Balaban J connectivity index is 2.01. The summed E-state index contributed by atoms with van der Waals surface area (Å²) in [7, 11) is -0.402. The van der Waals surface area contributed by atoms with Gasteiger partial charge in [-0.25, -0.2) is 12.7 Å². The third-order valence-corrected chi connectivity index (χ3v) is 5.46. The van der Waals surface area contributed by atoms with E-state index in [1.165, 1.54) is 26.2 Å². The summed E-state index contributed by atoms with van der Waals surface area (Å²) in [6.07, 6.45) is 0. The van der Waals surface area contributed by atoms with Crippen LogP contribution in [0.15, 0.2) is 16.5 Å². The Bertz CT molecular complexity index is 613. The standard InChI is InChI=1S/C12H17ClN2O5S/c1-15(2)21(17,18)7-8-5-19-6-9(8)14-12(16)10-3-4-11(13)20-10/h3-4,8-9H,5-7H2,1-2H3,(H,14,16)/t8-,9-/m0/s1. The van der Waals surface area contributed by atoms with Crippen molar-refractivity contribution in [1.29, 1.82) is 0 Å². The minimum Gasteiger partial charge on any atom is -0.440 e. The molecule has 1 aliphatic rings. The van der Waals surface area contributed by atoms with Gasteiger partial charge in [-0.1, -0.05) is 0 Å². The van der Waals surface area contributed by atoms with E-state index in [1.807, 2.05) is 0 Å².